The van der Waals surface area contributed by atoms with E-state index in [4.69, 9.17) is 4.18 Å². The molecule has 0 saturated heterocycles. The van der Waals surface area contributed by atoms with E-state index in [1.165, 1.54) is 6.07 Å². The van der Waals surface area contributed by atoms with E-state index in [0.717, 1.165) is 11.1 Å². The van der Waals surface area contributed by atoms with Gasteiger partial charge in [-0.2, -0.15) is 8.42 Å². The fourth-order valence-corrected chi connectivity index (χ4v) is 4.22. The Labute approximate surface area is 170 Å². The first-order valence-corrected chi connectivity index (χ1v) is 10.6. The Bertz CT molecular complexity index is 1130. The van der Waals surface area contributed by atoms with Crippen LogP contribution in [0.15, 0.2) is 66.7 Å². The quantitative estimate of drug-likeness (QED) is 0.319. The Morgan fingerprint density at radius 2 is 1.48 bits per heavy atom. The van der Waals surface area contributed by atoms with Crippen molar-refractivity contribution in [3.63, 3.8) is 0 Å². The third-order valence-corrected chi connectivity index (χ3v) is 5.83. The van der Waals surface area contributed by atoms with Crippen molar-refractivity contribution in [1.82, 2.24) is 0 Å². The number of nitro groups is 1. The molecule has 0 N–H and O–H groups in total. The second-order valence-corrected chi connectivity index (χ2v) is 8.41. The molecule has 0 amide bonds. The molecule has 3 rings (SSSR count). The van der Waals surface area contributed by atoms with E-state index in [2.05, 4.69) is 0 Å². The van der Waals surface area contributed by atoms with Gasteiger partial charge in [0.2, 0.25) is 5.75 Å². The Balaban J connectivity index is 2.07. The summed E-state index contributed by atoms with van der Waals surface area (Å²) in [7, 11) is -4.09. The van der Waals surface area contributed by atoms with Crippen LogP contribution in [0.3, 0.4) is 0 Å². The molecular formula is C22H21NO5S. The van der Waals surface area contributed by atoms with E-state index in [1.54, 1.807) is 37.3 Å². The van der Waals surface area contributed by atoms with Crippen molar-refractivity contribution in [2.45, 2.75) is 26.0 Å². The minimum absolute atomic E-state index is 0.210. The molecule has 0 radical (unpaired) electrons. The lowest BCUT2D eigenvalue weighted by Gasteiger charge is -2.16. The number of benzene rings is 3. The van der Waals surface area contributed by atoms with Crippen LogP contribution in [0.1, 0.15) is 27.8 Å². The van der Waals surface area contributed by atoms with Gasteiger partial charge in [0.25, 0.3) is 0 Å². The number of aryl methyl sites for hydroxylation is 1. The fourth-order valence-electron chi connectivity index (χ4n) is 3.12. The topological polar surface area (TPSA) is 86.5 Å². The normalized spacial score (nSPS) is 11.2. The van der Waals surface area contributed by atoms with Crippen molar-refractivity contribution in [3.05, 3.63) is 105 Å². The lowest BCUT2D eigenvalue weighted by Crippen LogP contribution is -2.15. The van der Waals surface area contributed by atoms with Gasteiger partial charge in [0, 0.05) is 18.1 Å². The van der Waals surface area contributed by atoms with E-state index in [-0.39, 0.29) is 17.2 Å². The zero-order valence-corrected chi connectivity index (χ0v) is 17.0. The van der Waals surface area contributed by atoms with Crippen molar-refractivity contribution in [1.29, 1.82) is 0 Å². The highest BCUT2D eigenvalue weighted by molar-refractivity contribution is 7.86. The third kappa shape index (κ3) is 5.00. The smallest absolute Gasteiger partial charge is 0.313 e. The van der Waals surface area contributed by atoms with Crippen LogP contribution < -0.4 is 4.18 Å². The van der Waals surface area contributed by atoms with E-state index in [0.29, 0.717) is 23.1 Å². The van der Waals surface area contributed by atoms with E-state index in [9.17, 15) is 18.5 Å². The molecule has 0 fully saturated rings. The SMILES string of the molecule is Cc1cc([N+](=O)[O-])c(OS(=O)(=O)Cc2ccccc2)c(Cc2ccccc2)c1C. The molecule has 0 aliphatic carbocycles. The van der Waals surface area contributed by atoms with Gasteiger partial charge in [-0.25, -0.2) is 0 Å². The minimum atomic E-state index is -4.09. The van der Waals surface area contributed by atoms with E-state index in [1.807, 2.05) is 37.3 Å². The highest BCUT2D eigenvalue weighted by Crippen LogP contribution is 2.38. The average Bonchev–Trinajstić information content (AvgIpc) is 2.68. The summed E-state index contributed by atoms with van der Waals surface area (Å²) in [5, 5.41) is 11.7. The van der Waals surface area contributed by atoms with Gasteiger partial charge in [0.1, 0.15) is 5.75 Å². The second-order valence-electron chi connectivity index (χ2n) is 6.84. The van der Waals surface area contributed by atoms with Gasteiger partial charge >= 0.3 is 15.8 Å². The number of nitro benzene ring substituents is 1. The van der Waals surface area contributed by atoms with Crippen LogP contribution in [0.2, 0.25) is 0 Å². The van der Waals surface area contributed by atoms with Crippen molar-refractivity contribution in [3.8, 4) is 5.75 Å². The second kappa shape index (κ2) is 8.45. The molecule has 0 unspecified atom stereocenters. The molecule has 0 heterocycles. The molecule has 0 atom stereocenters. The van der Waals surface area contributed by atoms with Gasteiger partial charge < -0.3 is 4.18 Å². The van der Waals surface area contributed by atoms with Crippen LogP contribution in [0.25, 0.3) is 0 Å². The Kier molecular flexibility index (Phi) is 5.98. The largest absolute Gasteiger partial charge is 0.374 e. The van der Waals surface area contributed by atoms with Crippen LogP contribution in [-0.2, 0) is 22.3 Å². The molecule has 0 aromatic heterocycles. The van der Waals surface area contributed by atoms with Crippen molar-refractivity contribution < 1.29 is 17.5 Å². The maximum atomic E-state index is 12.7. The van der Waals surface area contributed by atoms with Crippen LogP contribution in [0.5, 0.6) is 5.75 Å². The molecule has 3 aromatic rings. The summed E-state index contributed by atoms with van der Waals surface area (Å²) >= 11 is 0. The Morgan fingerprint density at radius 1 is 0.931 bits per heavy atom. The van der Waals surface area contributed by atoms with Crippen molar-refractivity contribution in [2.24, 2.45) is 0 Å². The highest BCUT2D eigenvalue weighted by atomic mass is 32.2. The van der Waals surface area contributed by atoms with Crippen LogP contribution in [-0.4, -0.2) is 13.3 Å². The molecule has 0 saturated carbocycles. The van der Waals surface area contributed by atoms with Crippen LogP contribution in [0.4, 0.5) is 5.69 Å². The number of rotatable bonds is 7. The molecular weight excluding hydrogens is 390 g/mol. The van der Waals surface area contributed by atoms with Gasteiger partial charge in [0.05, 0.1) is 4.92 Å². The summed E-state index contributed by atoms with van der Waals surface area (Å²) in [6.07, 6.45) is 0.325. The van der Waals surface area contributed by atoms with Gasteiger partial charge in [-0.3, -0.25) is 10.1 Å². The summed E-state index contributed by atoms with van der Waals surface area (Å²) in [6.45, 7) is 3.58. The Hall–Kier alpha value is -3.19. The summed E-state index contributed by atoms with van der Waals surface area (Å²) < 4.78 is 30.8. The van der Waals surface area contributed by atoms with E-state index < -0.39 is 15.0 Å². The summed E-state index contributed by atoms with van der Waals surface area (Å²) in [4.78, 5) is 11.1. The van der Waals surface area contributed by atoms with Crippen LogP contribution in [0, 0.1) is 24.0 Å². The van der Waals surface area contributed by atoms with Gasteiger partial charge in [-0.15, -0.1) is 0 Å². The number of hydrogen-bond acceptors (Lipinski definition) is 5. The van der Waals surface area contributed by atoms with Crippen LogP contribution >= 0.6 is 0 Å². The Morgan fingerprint density at radius 3 is 2.03 bits per heavy atom. The molecule has 6 nitrogen and oxygen atoms in total. The number of hydrogen-bond donors (Lipinski definition) is 0. The molecule has 0 bridgehead atoms. The molecule has 7 heteroatoms. The third-order valence-electron chi connectivity index (χ3n) is 4.72. The molecule has 29 heavy (non-hydrogen) atoms. The lowest BCUT2D eigenvalue weighted by molar-refractivity contribution is -0.385. The zero-order chi connectivity index (χ0) is 21.0. The van der Waals surface area contributed by atoms with E-state index >= 15 is 0 Å². The molecule has 0 spiro atoms. The monoisotopic (exact) mass is 411 g/mol. The van der Waals surface area contributed by atoms with Gasteiger partial charge in [0.15, 0.2) is 0 Å². The maximum absolute atomic E-state index is 12.7. The maximum Gasteiger partial charge on any atom is 0.313 e. The van der Waals surface area contributed by atoms with Gasteiger partial charge in [-0.1, -0.05) is 60.7 Å². The first-order valence-electron chi connectivity index (χ1n) is 9.04. The predicted molar refractivity (Wildman–Crippen MR) is 112 cm³/mol. The van der Waals surface area contributed by atoms with Crippen molar-refractivity contribution in [2.75, 3.05) is 0 Å². The first-order chi connectivity index (χ1) is 13.8. The predicted octanol–water partition coefficient (Wildman–Crippen LogP) is 4.71. The summed E-state index contributed by atoms with van der Waals surface area (Å²) in [6, 6.07) is 19.3. The summed E-state index contributed by atoms with van der Waals surface area (Å²) in [5.41, 5.74) is 3.07. The number of nitrogens with zero attached hydrogens (tertiary/aromatic N) is 1. The molecule has 0 aliphatic heterocycles. The molecule has 150 valence electrons. The fraction of sp³-hybridized carbons (Fsp3) is 0.182. The summed E-state index contributed by atoms with van der Waals surface area (Å²) in [5.74, 6) is -0.583. The highest BCUT2D eigenvalue weighted by Gasteiger charge is 2.28. The van der Waals surface area contributed by atoms with Crippen molar-refractivity contribution >= 4 is 15.8 Å². The zero-order valence-electron chi connectivity index (χ0n) is 16.2. The average molecular weight is 411 g/mol. The standard InChI is InChI=1S/C22H21NO5S/c1-16-13-21(23(24)25)22(20(17(16)2)14-18-9-5-3-6-10-18)28-29(26,27)15-19-11-7-4-8-12-19/h3-13H,14-15H2,1-2H3. The first kappa shape index (κ1) is 20.5. The minimum Gasteiger partial charge on any atom is -0.374 e. The molecule has 3 aromatic carbocycles. The lowest BCUT2D eigenvalue weighted by atomic mass is 9.95. The van der Waals surface area contributed by atoms with Gasteiger partial charge in [-0.05, 0) is 36.1 Å². The molecule has 0 aliphatic rings.